The van der Waals surface area contributed by atoms with Crippen LogP contribution in [0.1, 0.15) is 27.0 Å². The average Bonchev–Trinajstić information content (AvgIpc) is 3.15. The first-order valence-electron chi connectivity index (χ1n) is 11.5. The van der Waals surface area contributed by atoms with Crippen LogP contribution >= 0.6 is 0 Å². The van der Waals surface area contributed by atoms with E-state index in [-0.39, 0.29) is 5.91 Å². The van der Waals surface area contributed by atoms with Crippen LogP contribution in [-0.2, 0) is 6.42 Å². The molecule has 7 heteroatoms. The number of aryl methyl sites for hydroxylation is 1. The molecule has 2 heterocycles. The van der Waals surface area contributed by atoms with E-state index in [2.05, 4.69) is 18.3 Å². The Hall–Kier alpha value is -4.39. The molecule has 176 valence electrons. The van der Waals surface area contributed by atoms with Crippen LogP contribution in [0, 0.1) is 13.8 Å². The molecule has 0 aliphatic carbocycles. The number of rotatable bonds is 6. The summed E-state index contributed by atoms with van der Waals surface area (Å²) in [6, 6.07) is 21.4. The Morgan fingerprint density at radius 1 is 0.971 bits per heavy atom. The second-order valence-electron chi connectivity index (χ2n) is 8.55. The third-order valence-electron chi connectivity index (χ3n) is 6.40. The Kier molecular flexibility index (Phi) is 5.82. The van der Waals surface area contributed by atoms with Crippen LogP contribution in [0.25, 0.3) is 27.9 Å². The largest absolute Gasteiger partial charge is 0.497 e. The molecule has 0 radical (unpaired) electrons. The Labute approximate surface area is 203 Å². The maximum Gasteiger partial charge on any atom is 0.257 e. The zero-order valence-corrected chi connectivity index (χ0v) is 20.0. The molecule has 1 amide bonds. The number of ether oxygens (including phenoxy) is 1. The number of methoxy groups -OCH3 is 1. The predicted molar refractivity (Wildman–Crippen MR) is 139 cm³/mol. The first-order valence-corrected chi connectivity index (χ1v) is 11.5. The number of carbonyl (C=O) groups is 1. The van der Waals surface area contributed by atoms with Gasteiger partial charge in [-0.15, -0.1) is 0 Å². The van der Waals surface area contributed by atoms with Gasteiger partial charge in [-0.2, -0.15) is 0 Å². The van der Waals surface area contributed by atoms with Crippen molar-refractivity contribution in [2.75, 3.05) is 19.4 Å². The molecule has 0 bridgehead atoms. The van der Waals surface area contributed by atoms with Crippen LogP contribution in [0.2, 0.25) is 0 Å². The van der Waals surface area contributed by atoms with E-state index in [9.17, 15) is 4.79 Å². The van der Waals surface area contributed by atoms with Crippen LogP contribution in [0.15, 0.2) is 66.7 Å². The molecule has 0 atom stereocenters. The number of nitrogen functional groups attached to an aromatic ring is 1. The van der Waals surface area contributed by atoms with Crippen molar-refractivity contribution in [2.45, 2.75) is 20.3 Å². The first kappa shape index (κ1) is 22.4. The number of carbonyl (C=O) groups excluding carboxylic acids is 1. The smallest absolute Gasteiger partial charge is 0.257 e. The highest BCUT2D eigenvalue weighted by Crippen LogP contribution is 2.32. The molecule has 3 aromatic carbocycles. The van der Waals surface area contributed by atoms with Crippen molar-refractivity contribution in [3.8, 4) is 11.4 Å². The maximum absolute atomic E-state index is 13.4. The lowest BCUT2D eigenvalue weighted by atomic mass is 10.1. The van der Waals surface area contributed by atoms with Crippen molar-refractivity contribution in [1.82, 2.24) is 19.9 Å². The minimum Gasteiger partial charge on any atom is -0.497 e. The molecule has 5 rings (SSSR count). The normalized spacial score (nSPS) is 11.2. The standard InChI is InChI=1S/C28H27N5O2/c1-17-7-6-10-23(18(17)2)33-26(29)24(25-27(33)32-22-9-5-4-8-21(22)31-25)28(34)30-16-15-19-11-13-20(35-3)14-12-19/h4-14H,15-16,29H2,1-3H3,(H,30,34). The van der Waals surface area contributed by atoms with Crippen molar-refractivity contribution in [2.24, 2.45) is 0 Å². The molecular weight excluding hydrogens is 438 g/mol. The van der Waals surface area contributed by atoms with E-state index in [0.29, 0.717) is 41.0 Å². The number of aromatic nitrogens is 3. The second kappa shape index (κ2) is 9.10. The lowest BCUT2D eigenvalue weighted by Gasteiger charge is -2.13. The number of amides is 1. The number of benzene rings is 3. The summed E-state index contributed by atoms with van der Waals surface area (Å²) in [5, 5.41) is 3.02. The molecule has 3 N–H and O–H groups in total. The van der Waals surface area contributed by atoms with Gasteiger partial charge in [0.1, 0.15) is 22.6 Å². The van der Waals surface area contributed by atoms with Crippen LogP contribution in [-0.4, -0.2) is 34.1 Å². The molecule has 0 fully saturated rings. The number of nitrogens with one attached hydrogen (secondary N) is 1. The van der Waals surface area contributed by atoms with Gasteiger partial charge in [0.2, 0.25) is 0 Å². The lowest BCUT2D eigenvalue weighted by Crippen LogP contribution is -2.26. The lowest BCUT2D eigenvalue weighted by molar-refractivity contribution is 0.0956. The average molecular weight is 466 g/mol. The summed E-state index contributed by atoms with van der Waals surface area (Å²) >= 11 is 0. The van der Waals surface area contributed by atoms with E-state index < -0.39 is 0 Å². The SMILES string of the molecule is COc1ccc(CCNC(=O)c2c(N)n(-c3cccc(C)c3C)c3nc4ccccc4nc23)cc1. The number of fused-ring (bicyclic) bond motifs is 2. The highest BCUT2D eigenvalue weighted by atomic mass is 16.5. The molecule has 0 saturated carbocycles. The Balaban J connectivity index is 1.56. The molecule has 0 aliphatic heterocycles. The molecule has 0 saturated heterocycles. The van der Waals surface area contributed by atoms with E-state index in [1.807, 2.05) is 72.2 Å². The number of nitrogens with zero attached hydrogens (tertiary/aromatic N) is 3. The van der Waals surface area contributed by atoms with Gasteiger partial charge in [-0.05, 0) is 67.3 Å². The quantitative estimate of drug-likeness (QED) is 0.377. The summed E-state index contributed by atoms with van der Waals surface area (Å²) in [6.45, 7) is 4.55. The van der Waals surface area contributed by atoms with Gasteiger partial charge in [0.05, 0.1) is 23.8 Å². The fourth-order valence-electron chi connectivity index (χ4n) is 4.31. The first-order chi connectivity index (χ1) is 17.0. The highest BCUT2D eigenvalue weighted by molar-refractivity contribution is 6.11. The molecule has 0 spiro atoms. The van der Waals surface area contributed by atoms with Gasteiger partial charge in [-0.3, -0.25) is 9.36 Å². The summed E-state index contributed by atoms with van der Waals surface area (Å²) in [5.41, 5.74) is 13.7. The zero-order valence-electron chi connectivity index (χ0n) is 20.0. The molecule has 2 aromatic heterocycles. The third kappa shape index (κ3) is 4.05. The zero-order chi connectivity index (χ0) is 24.5. The van der Waals surface area contributed by atoms with Gasteiger partial charge in [0.15, 0.2) is 5.65 Å². The van der Waals surface area contributed by atoms with Gasteiger partial charge in [0, 0.05) is 6.54 Å². The molecule has 7 nitrogen and oxygen atoms in total. The number of hydrogen-bond donors (Lipinski definition) is 2. The fraction of sp³-hybridized carbons (Fsp3) is 0.179. The van der Waals surface area contributed by atoms with E-state index in [4.69, 9.17) is 20.4 Å². The maximum atomic E-state index is 13.4. The molecule has 0 unspecified atom stereocenters. The monoisotopic (exact) mass is 465 g/mol. The van der Waals surface area contributed by atoms with Gasteiger partial charge >= 0.3 is 0 Å². The molecule has 5 aromatic rings. The summed E-state index contributed by atoms with van der Waals surface area (Å²) in [7, 11) is 1.64. The highest BCUT2D eigenvalue weighted by Gasteiger charge is 2.25. The molecule has 35 heavy (non-hydrogen) atoms. The fourth-order valence-corrected chi connectivity index (χ4v) is 4.31. The van der Waals surface area contributed by atoms with E-state index >= 15 is 0 Å². The van der Waals surface area contributed by atoms with Crippen LogP contribution in [0.3, 0.4) is 0 Å². The molecule has 0 aliphatic rings. The van der Waals surface area contributed by atoms with Gasteiger partial charge in [-0.25, -0.2) is 9.97 Å². The number of para-hydroxylation sites is 2. The Morgan fingerprint density at radius 3 is 2.40 bits per heavy atom. The minimum absolute atomic E-state index is 0.269. The summed E-state index contributed by atoms with van der Waals surface area (Å²) in [6.07, 6.45) is 0.680. The van der Waals surface area contributed by atoms with Crippen LogP contribution < -0.4 is 15.8 Å². The number of hydrogen-bond acceptors (Lipinski definition) is 5. The summed E-state index contributed by atoms with van der Waals surface area (Å²) < 4.78 is 7.05. The van der Waals surface area contributed by atoms with Crippen LogP contribution in [0.4, 0.5) is 5.82 Å². The third-order valence-corrected chi connectivity index (χ3v) is 6.40. The van der Waals surface area contributed by atoms with Gasteiger partial charge in [-0.1, -0.05) is 36.4 Å². The van der Waals surface area contributed by atoms with Crippen molar-refractivity contribution in [3.05, 3.63) is 89.0 Å². The van der Waals surface area contributed by atoms with Gasteiger partial charge < -0.3 is 15.8 Å². The van der Waals surface area contributed by atoms with Crippen molar-refractivity contribution in [1.29, 1.82) is 0 Å². The Bertz CT molecular complexity index is 1550. The minimum atomic E-state index is -0.269. The summed E-state index contributed by atoms with van der Waals surface area (Å²) in [4.78, 5) is 23.1. The topological polar surface area (TPSA) is 95.1 Å². The molecular formula is C28H27N5O2. The van der Waals surface area contributed by atoms with Crippen molar-refractivity contribution < 1.29 is 9.53 Å². The Morgan fingerprint density at radius 2 is 1.69 bits per heavy atom. The van der Waals surface area contributed by atoms with E-state index in [1.165, 1.54) is 0 Å². The van der Waals surface area contributed by atoms with Crippen molar-refractivity contribution in [3.63, 3.8) is 0 Å². The van der Waals surface area contributed by atoms with E-state index in [1.54, 1.807) is 7.11 Å². The second-order valence-corrected chi connectivity index (χ2v) is 8.55. The number of nitrogens with two attached hydrogens (primary N) is 1. The van der Waals surface area contributed by atoms with Gasteiger partial charge in [0.25, 0.3) is 5.91 Å². The number of anilines is 1. The van der Waals surface area contributed by atoms with E-state index in [0.717, 1.165) is 33.6 Å². The predicted octanol–water partition coefficient (Wildman–Crippen LogP) is 4.75. The van der Waals surface area contributed by atoms with Crippen molar-refractivity contribution >= 4 is 33.9 Å². The summed E-state index contributed by atoms with van der Waals surface area (Å²) in [5.74, 6) is 0.858. The van der Waals surface area contributed by atoms with Crippen LogP contribution in [0.5, 0.6) is 5.75 Å².